The van der Waals surface area contributed by atoms with Gasteiger partial charge in [0, 0.05) is 17.8 Å². The van der Waals surface area contributed by atoms with Gasteiger partial charge in [-0.3, -0.25) is 0 Å². The third-order valence-electron chi connectivity index (χ3n) is 4.09. The third kappa shape index (κ3) is 1.46. The van der Waals surface area contributed by atoms with Gasteiger partial charge in [0.15, 0.2) is 0 Å². The molecule has 0 N–H and O–H groups in total. The second kappa shape index (κ2) is 4.31. The van der Waals surface area contributed by atoms with Gasteiger partial charge in [-0.05, 0) is 0 Å². The minimum Gasteiger partial charge on any atom is -0.198 e. The lowest BCUT2D eigenvalue weighted by Gasteiger charge is -2.38. The lowest BCUT2D eigenvalue weighted by molar-refractivity contribution is 0.232. The summed E-state index contributed by atoms with van der Waals surface area (Å²) >= 11 is 0. The highest BCUT2D eigenvalue weighted by atomic mass is 14.5. The molecular weight excluding hydrogens is 218 g/mol. The maximum atomic E-state index is 9.90. The highest BCUT2D eigenvalue weighted by Crippen LogP contribution is 2.49. The molecule has 0 radical (unpaired) electrons. The van der Waals surface area contributed by atoms with E-state index in [0.717, 1.165) is 0 Å². The molecule has 0 aromatic rings. The predicted molar refractivity (Wildman–Crippen MR) is 73.4 cm³/mol. The first-order valence-corrected chi connectivity index (χ1v) is 6.34. The third-order valence-corrected chi connectivity index (χ3v) is 4.09. The molecule has 0 aromatic carbocycles. The fourth-order valence-electron chi connectivity index (χ4n) is 3.14. The van der Waals surface area contributed by atoms with Crippen LogP contribution in [0.4, 0.5) is 0 Å². The van der Waals surface area contributed by atoms with Crippen molar-refractivity contribution in [1.29, 1.82) is 5.26 Å². The number of nitriles is 1. The number of nitrogens with zero attached hydrogens (tertiary/aromatic N) is 1. The first-order chi connectivity index (χ1) is 8.88. The number of allylic oxidation sites excluding steroid dienone is 12. The van der Waals surface area contributed by atoms with E-state index >= 15 is 0 Å². The van der Waals surface area contributed by atoms with E-state index in [2.05, 4.69) is 42.5 Å². The molecular formula is C17H15N. The molecule has 1 nitrogen and oxygen atoms in total. The van der Waals surface area contributed by atoms with Crippen LogP contribution in [-0.2, 0) is 0 Å². The first kappa shape index (κ1) is 11.0. The maximum Gasteiger partial charge on any atom is 0.0864 e. The largest absolute Gasteiger partial charge is 0.198 e. The number of hydrogen-bond donors (Lipinski definition) is 0. The van der Waals surface area contributed by atoms with Crippen molar-refractivity contribution in [3.05, 3.63) is 72.9 Å². The average molecular weight is 233 g/mol. The zero-order valence-corrected chi connectivity index (χ0v) is 10.1. The van der Waals surface area contributed by atoms with Gasteiger partial charge in [-0.1, -0.05) is 72.9 Å². The van der Waals surface area contributed by atoms with Crippen LogP contribution in [0.5, 0.6) is 0 Å². The summed E-state index contributed by atoms with van der Waals surface area (Å²) in [7, 11) is 0. The van der Waals surface area contributed by atoms with Gasteiger partial charge in [-0.15, -0.1) is 0 Å². The molecule has 3 aliphatic rings. The van der Waals surface area contributed by atoms with E-state index in [0.29, 0.717) is 0 Å². The second-order valence-electron chi connectivity index (χ2n) is 4.93. The Morgan fingerprint density at radius 2 is 0.889 bits per heavy atom. The Hall–Kier alpha value is -2.07. The van der Waals surface area contributed by atoms with Crippen molar-refractivity contribution in [3.63, 3.8) is 0 Å². The smallest absolute Gasteiger partial charge is 0.0864 e. The standard InChI is InChI=1S/C17H15N/c18-13-17(14-7-1-2-8-14,15-9-3-4-10-15)16-11-5-6-12-16/h1-12,14-16H. The first-order valence-electron chi connectivity index (χ1n) is 6.34. The topological polar surface area (TPSA) is 23.8 Å². The van der Waals surface area contributed by atoms with Gasteiger partial charge in [-0.25, -0.2) is 0 Å². The molecule has 0 saturated carbocycles. The maximum absolute atomic E-state index is 9.90. The normalized spacial score (nSPS) is 22.6. The van der Waals surface area contributed by atoms with Gasteiger partial charge < -0.3 is 0 Å². The van der Waals surface area contributed by atoms with E-state index in [9.17, 15) is 5.26 Å². The van der Waals surface area contributed by atoms with Crippen LogP contribution in [0, 0.1) is 34.5 Å². The van der Waals surface area contributed by atoms with Gasteiger partial charge >= 0.3 is 0 Å². The summed E-state index contributed by atoms with van der Waals surface area (Å²) in [5.41, 5.74) is -0.434. The number of rotatable bonds is 3. The van der Waals surface area contributed by atoms with Crippen molar-refractivity contribution in [2.24, 2.45) is 23.2 Å². The zero-order chi connectivity index (χ0) is 12.4. The fraction of sp³-hybridized carbons (Fsp3) is 0.235. The van der Waals surface area contributed by atoms with E-state index in [4.69, 9.17) is 0 Å². The van der Waals surface area contributed by atoms with Gasteiger partial charge in [-0.2, -0.15) is 5.26 Å². The number of hydrogen-bond acceptors (Lipinski definition) is 1. The van der Waals surface area contributed by atoms with Gasteiger partial charge in [0.1, 0.15) is 0 Å². The van der Waals surface area contributed by atoms with Crippen molar-refractivity contribution < 1.29 is 0 Å². The molecule has 3 aliphatic carbocycles. The molecule has 3 rings (SSSR count). The summed E-state index contributed by atoms with van der Waals surface area (Å²) in [4.78, 5) is 0. The Morgan fingerprint density at radius 1 is 0.611 bits per heavy atom. The fourth-order valence-corrected chi connectivity index (χ4v) is 3.14. The van der Waals surface area contributed by atoms with E-state index in [-0.39, 0.29) is 17.8 Å². The van der Waals surface area contributed by atoms with Crippen LogP contribution in [0.15, 0.2) is 72.9 Å². The molecule has 18 heavy (non-hydrogen) atoms. The predicted octanol–water partition coefficient (Wildman–Crippen LogP) is 3.72. The van der Waals surface area contributed by atoms with Crippen LogP contribution in [0.1, 0.15) is 0 Å². The van der Waals surface area contributed by atoms with Crippen molar-refractivity contribution in [2.45, 2.75) is 0 Å². The van der Waals surface area contributed by atoms with Gasteiger partial charge in [0.2, 0.25) is 0 Å². The molecule has 1 heteroatoms. The van der Waals surface area contributed by atoms with Crippen molar-refractivity contribution >= 4 is 0 Å². The Balaban J connectivity index is 2.08. The van der Waals surface area contributed by atoms with Gasteiger partial charge in [0.05, 0.1) is 11.5 Å². The van der Waals surface area contributed by atoms with Crippen LogP contribution in [-0.4, -0.2) is 0 Å². The van der Waals surface area contributed by atoms with Crippen LogP contribution < -0.4 is 0 Å². The molecule has 0 bridgehead atoms. The molecule has 0 amide bonds. The quantitative estimate of drug-likeness (QED) is 0.728. The lowest BCUT2D eigenvalue weighted by Crippen LogP contribution is -2.38. The molecule has 0 unspecified atom stereocenters. The van der Waals surface area contributed by atoms with E-state index in [1.807, 2.05) is 36.5 Å². The lowest BCUT2D eigenvalue weighted by atomic mass is 9.61. The molecule has 0 aromatic heterocycles. The summed E-state index contributed by atoms with van der Waals surface area (Å²) < 4.78 is 0. The molecule has 0 fully saturated rings. The molecule has 0 spiro atoms. The summed E-state index contributed by atoms with van der Waals surface area (Å²) in [5, 5.41) is 9.90. The molecule has 0 saturated heterocycles. The highest BCUT2D eigenvalue weighted by Gasteiger charge is 2.47. The summed E-state index contributed by atoms with van der Waals surface area (Å²) in [6.07, 6.45) is 25.1. The van der Waals surface area contributed by atoms with Crippen LogP contribution in [0.2, 0.25) is 0 Å². The van der Waals surface area contributed by atoms with Crippen molar-refractivity contribution in [2.75, 3.05) is 0 Å². The van der Waals surface area contributed by atoms with Crippen LogP contribution in [0.25, 0.3) is 0 Å². The minimum atomic E-state index is -0.434. The Labute approximate surface area is 108 Å². The summed E-state index contributed by atoms with van der Waals surface area (Å²) in [6.45, 7) is 0. The molecule has 0 heterocycles. The van der Waals surface area contributed by atoms with Crippen LogP contribution >= 0.6 is 0 Å². The van der Waals surface area contributed by atoms with Crippen LogP contribution in [0.3, 0.4) is 0 Å². The minimum absolute atomic E-state index is 0.178. The van der Waals surface area contributed by atoms with E-state index < -0.39 is 5.41 Å². The van der Waals surface area contributed by atoms with E-state index in [1.165, 1.54) is 0 Å². The molecule has 0 atom stereocenters. The SMILES string of the molecule is N#CC(C1C=CC=C1)(C1C=CC=C1)C1C=CC=C1. The molecule has 0 aliphatic heterocycles. The zero-order valence-electron chi connectivity index (χ0n) is 10.1. The highest BCUT2D eigenvalue weighted by molar-refractivity contribution is 5.38. The van der Waals surface area contributed by atoms with Crippen molar-refractivity contribution in [3.8, 4) is 6.07 Å². The summed E-state index contributed by atoms with van der Waals surface area (Å²) in [6, 6.07) is 2.63. The monoisotopic (exact) mass is 233 g/mol. The van der Waals surface area contributed by atoms with Gasteiger partial charge in [0.25, 0.3) is 0 Å². The molecule has 88 valence electrons. The summed E-state index contributed by atoms with van der Waals surface area (Å²) in [5.74, 6) is 0.534. The van der Waals surface area contributed by atoms with E-state index in [1.54, 1.807) is 0 Å². The Kier molecular flexibility index (Phi) is 2.64. The second-order valence-corrected chi connectivity index (χ2v) is 4.93. The Bertz CT molecular complexity index is 443. The Morgan fingerprint density at radius 3 is 1.11 bits per heavy atom. The average Bonchev–Trinajstić information content (AvgIpc) is 3.16. The van der Waals surface area contributed by atoms with Crippen molar-refractivity contribution in [1.82, 2.24) is 0 Å².